The molecule has 0 spiro atoms. The summed E-state index contributed by atoms with van der Waals surface area (Å²) in [5.41, 5.74) is 2.24. The van der Waals surface area contributed by atoms with E-state index in [4.69, 9.17) is 0 Å². The molecule has 1 N–H and O–H groups in total. The van der Waals surface area contributed by atoms with Crippen LogP contribution in [0.2, 0.25) is 0 Å². The number of aromatic nitrogens is 4. The Morgan fingerprint density at radius 2 is 2.05 bits per heavy atom. The summed E-state index contributed by atoms with van der Waals surface area (Å²) in [5, 5.41) is 7.48. The molecule has 6 heteroatoms. The van der Waals surface area contributed by atoms with E-state index in [1.54, 1.807) is 0 Å². The minimum absolute atomic E-state index is 0.775. The van der Waals surface area contributed by atoms with Crippen LogP contribution in [0.15, 0.2) is 12.4 Å². The Labute approximate surface area is 119 Å². The Bertz CT molecular complexity index is 589. The van der Waals surface area contributed by atoms with E-state index >= 15 is 0 Å². The third-order valence-electron chi connectivity index (χ3n) is 3.12. The van der Waals surface area contributed by atoms with E-state index in [2.05, 4.69) is 32.2 Å². The average molecular weight is 274 g/mol. The summed E-state index contributed by atoms with van der Waals surface area (Å²) in [7, 11) is 3.96. The smallest absolute Gasteiger partial charge is 0.137 e. The first kappa shape index (κ1) is 14.3. The first-order valence-corrected chi connectivity index (χ1v) is 6.79. The second-order valence-corrected chi connectivity index (χ2v) is 4.98. The van der Waals surface area contributed by atoms with Crippen molar-refractivity contribution in [3.05, 3.63) is 29.3 Å². The number of nitrogens with one attached hydrogen (secondary N) is 1. The highest BCUT2D eigenvalue weighted by Gasteiger charge is 2.13. The summed E-state index contributed by atoms with van der Waals surface area (Å²) in [6.07, 6.45) is 3.90. The summed E-state index contributed by atoms with van der Waals surface area (Å²) in [5.74, 6) is 2.64. The molecule has 2 heterocycles. The molecule has 20 heavy (non-hydrogen) atoms. The van der Waals surface area contributed by atoms with Crippen LogP contribution in [0.1, 0.15) is 23.9 Å². The summed E-state index contributed by atoms with van der Waals surface area (Å²) in [6, 6.07) is 0. The van der Waals surface area contributed by atoms with E-state index in [0.717, 1.165) is 41.7 Å². The van der Waals surface area contributed by atoms with Gasteiger partial charge in [-0.05, 0) is 20.8 Å². The molecule has 0 unspecified atom stereocenters. The van der Waals surface area contributed by atoms with E-state index in [1.165, 1.54) is 0 Å². The lowest BCUT2D eigenvalue weighted by Gasteiger charge is -2.21. The van der Waals surface area contributed by atoms with Crippen LogP contribution >= 0.6 is 0 Å². The fourth-order valence-electron chi connectivity index (χ4n) is 2.23. The standard InChI is InChI=1S/C14H22N6/c1-6-15-13-10(2)14(18-11(3)17-13)19(4)8-12-7-16-20(5)9-12/h7,9H,6,8H2,1-5H3,(H,15,17,18). The predicted octanol–water partition coefficient (Wildman–Crippen LogP) is 1.90. The zero-order valence-corrected chi connectivity index (χ0v) is 12.8. The molecule has 0 amide bonds. The predicted molar refractivity (Wildman–Crippen MR) is 81.0 cm³/mol. The van der Waals surface area contributed by atoms with Gasteiger partial charge in [-0.25, -0.2) is 9.97 Å². The van der Waals surface area contributed by atoms with E-state index in [-0.39, 0.29) is 0 Å². The molecular formula is C14H22N6. The number of hydrogen-bond acceptors (Lipinski definition) is 5. The molecule has 0 atom stereocenters. The first-order valence-electron chi connectivity index (χ1n) is 6.79. The van der Waals surface area contributed by atoms with Crippen molar-refractivity contribution < 1.29 is 0 Å². The van der Waals surface area contributed by atoms with Crippen molar-refractivity contribution in [2.75, 3.05) is 23.8 Å². The minimum atomic E-state index is 0.775. The lowest BCUT2D eigenvalue weighted by atomic mass is 10.2. The van der Waals surface area contributed by atoms with Crippen LogP contribution in [0.4, 0.5) is 11.6 Å². The van der Waals surface area contributed by atoms with E-state index in [1.807, 2.05) is 45.0 Å². The monoisotopic (exact) mass is 274 g/mol. The third-order valence-corrected chi connectivity index (χ3v) is 3.12. The van der Waals surface area contributed by atoms with E-state index in [0.29, 0.717) is 0 Å². The zero-order valence-electron chi connectivity index (χ0n) is 12.8. The van der Waals surface area contributed by atoms with Crippen LogP contribution in [0.25, 0.3) is 0 Å². The summed E-state index contributed by atoms with van der Waals surface area (Å²) >= 11 is 0. The molecule has 2 aromatic heterocycles. The Morgan fingerprint density at radius 3 is 2.65 bits per heavy atom. The number of nitrogens with zero attached hydrogens (tertiary/aromatic N) is 5. The number of aryl methyl sites for hydroxylation is 2. The molecule has 0 bridgehead atoms. The molecule has 2 rings (SSSR count). The van der Waals surface area contributed by atoms with Crippen molar-refractivity contribution in [2.24, 2.45) is 7.05 Å². The van der Waals surface area contributed by atoms with Gasteiger partial charge in [0.1, 0.15) is 17.5 Å². The summed E-state index contributed by atoms with van der Waals surface area (Å²) in [6.45, 7) is 7.66. The lowest BCUT2D eigenvalue weighted by Crippen LogP contribution is -2.20. The highest BCUT2D eigenvalue weighted by atomic mass is 15.2. The first-order chi connectivity index (χ1) is 9.51. The Balaban J connectivity index is 2.26. The topological polar surface area (TPSA) is 58.9 Å². The second-order valence-electron chi connectivity index (χ2n) is 4.98. The van der Waals surface area contributed by atoms with Crippen LogP contribution in [0.5, 0.6) is 0 Å². The van der Waals surface area contributed by atoms with Gasteiger partial charge in [0.05, 0.1) is 6.20 Å². The van der Waals surface area contributed by atoms with Crippen LogP contribution in [-0.2, 0) is 13.6 Å². The molecule has 0 fully saturated rings. The molecule has 0 saturated heterocycles. The Hall–Kier alpha value is -2.11. The zero-order chi connectivity index (χ0) is 14.7. The van der Waals surface area contributed by atoms with Crippen LogP contribution < -0.4 is 10.2 Å². The molecular weight excluding hydrogens is 252 g/mol. The fourth-order valence-corrected chi connectivity index (χ4v) is 2.23. The Kier molecular flexibility index (Phi) is 4.22. The van der Waals surface area contributed by atoms with Gasteiger partial charge in [0.15, 0.2) is 0 Å². The van der Waals surface area contributed by atoms with Gasteiger partial charge in [0, 0.05) is 44.5 Å². The molecule has 0 radical (unpaired) electrons. The van der Waals surface area contributed by atoms with Crippen LogP contribution in [0.3, 0.4) is 0 Å². The molecule has 6 nitrogen and oxygen atoms in total. The van der Waals surface area contributed by atoms with Gasteiger partial charge < -0.3 is 10.2 Å². The molecule has 0 aromatic carbocycles. The van der Waals surface area contributed by atoms with E-state index < -0.39 is 0 Å². The minimum Gasteiger partial charge on any atom is -0.370 e. The highest BCUT2D eigenvalue weighted by Crippen LogP contribution is 2.23. The fraction of sp³-hybridized carbons (Fsp3) is 0.500. The molecule has 2 aromatic rings. The normalized spacial score (nSPS) is 10.7. The molecule has 0 aliphatic carbocycles. The Morgan fingerprint density at radius 1 is 1.30 bits per heavy atom. The molecule has 0 aliphatic rings. The maximum Gasteiger partial charge on any atom is 0.137 e. The number of rotatable bonds is 5. The van der Waals surface area contributed by atoms with E-state index in [9.17, 15) is 0 Å². The third kappa shape index (κ3) is 3.07. The maximum absolute atomic E-state index is 4.57. The lowest BCUT2D eigenvalue weighted by molar-refractivity contribution is 0.766. The van der Waals surface area contributed by atoms with Crippen molar-refractivity contribution in [2.45, 2.75) is 27.3 Å². The molecule has 0 saturated carbocycles. The van der Waals surface area contributed by atoms with Crippen LogP contribution in [0, 0.1) is 13.8 Å². The maximum atomic E-state index is 4.57. The van der Waals surface area contributed by atoms with Gasteiger partial charge in [0.2, 0.25) is 0 Å². The SMILES string of the molecule is CCNc1nc(C)nc(N(C)Cc2cnn(C)c2)c1C. The quantitative estimate of drug-likeness (QED) is 0.902. The van der Waals surface area contributed by atoms with Gasteiger partial charge in [-0.15, -0.1) is 0 Å². The molecule has 0 aliphatic heterocycles. The van der Waals surface area contributed by atoms with Gasteiger partial charge in [-0.3, -0.25) is 4.68 Å². The van der Waals surface area contributed by atoms with Crippen molar-refractivity contribution >= 4 is 11.6 Å². The highest BCUT2D eigenvalue weighted by molar-refractivity contribution is 5.58. The van der Waals surface area contributed by atoms with Crippen molar-refractivity contribution in [3.63, 3.8) is 0 Å². The van der Waals surface area contributed by atoms with Gasteiger partial charge in [0.25, 0.3) is 0 Å². The van der Waals surface area contributed by atoms with Crippen molar-refractivity contribution in [1.29, 1.82) is 0 Å². The van der Waals surface area contributed by atoms with Gasteiger partial charge in [-0.1, -0.05) is 0 Å². The average Bonchev–Trinajstić information content (AvgIpc) is 2.79. The molecule has 108 valence electrons. The number of anilines is 2. The van der Waals surface area contributed by atoms with Crippen LogP contribution in [-0.4, -0.2) is 33.3 Å². The van der Waals surface area contributed by atoms with Crippen molar-refractivity contribution in [1.82, 2.24) is 19.7 Å². The summed E-state index contributed by atoms with van der Waals surface area (Å²) in [4.78, 5) is 11.1. The number of hydrogen-bond donors (Lipinski definition) is 1. The second kappa shape index (κ2) is 5.90. The van der Waals surface area contributed by atoms with Gasteiger partial charge in [-0.2, -0.15) is 5.10 Å². The van der Waals surface area contributed by atoms with Gasteiger partial charge >= 0.3 is 0 Å². The summed E-state index contributed by atoms with van der Waals surface area (Å²) < 4.78 is 1.81. The van der Waals surface area contributed by atoms with Crippen molar-refractivity contribution in [3.8, 4) is 0 Å². The largest absolute Gasteiger partial charge is 0.370 e.